The molecule has 0 atom stereocenters. The number of hydrogen-bond donors (Lipinski definition) is 1. The number of nitrogens with zero attached hydrogens (tertiary/aromatic N) is 1. The molecule has 0 bridgehead atoms. The van der Waals surface area contributed by atoms with E-state index in [-0.39, 0.29) is 0 Å². The maximum Gasteiger partial charge on any atom is 0.122 e. The van der Waals surface area contributed by atoms with Crippen LogP contribution in [0.1, 0.15) is 39.0 Å². The fraction of sp³-hybridized carbons (Fsp3) is 0.733. The Hall–Kier alpha value is -0.840. The van der Waals surface area contributed by atoms with Gasteiger partial charge in [-0.2, -0.15) is 0 Å². The topological polar surface area (TPSA) is 37.6 Å². The predicted octanol–water partition coefficient (Wildman–Crippen LogP) is 2.63. The molecular weight excluding hydrogens is 240 g/mol. The van der Waals surface area contributed by atoms with Crippen LogP contribution in [-0.4, -0.2) is 37.2 Å². The van der Waals surface area contributed by atoms with Gasteiger partial charge in [0.1, 0.15) is 5.76 Å². The monoisotopic (exact) mass is 268 g/mol. The van der Waals surface area contributed by atoms with Gasteiger partial charge >= 0.3 is 0 Å². The summed E-state index contributed by atoms with van der Waals surface area (Å²) < 4.78 is 11.1. The van der Waals surface area contributed by atoms with Crippen molar-refractivity contribution in [3.63, 3.8) is 0 Å². The van der Waals surface area contributed by atoms with Gasteiger partial charge in [-0.05, 0) is 27.0 Å². The second kappa shape index (κ2) is 8.35. The molecule has 0 radical (unpaired) electrons. The van der Waals surface area contributed by atoms with Crippen molar-refractivity contribution in [1.29, 1.82) is 0 Å². The predicted molar refractivity (Wildman–Crippen MR) is 78.1 cm³/mol. The zero-order chi connectivity index (χ0) is 14.3. The summed E-state index contributed by atoms with van der Waals surface area (Å²) in [6.07, 6.45) is 2.07. The van der Waals surface area contributed by atoms with E-state index in [0.29, 0.717) is 12.1 Å². The Bertz CT molecular complexity index is 348. The average molecular weight is 268 g/mol. The first-order valence-corrected chi connectivity index (χ1v) is 7.07. The van der Waals surface area contributed by atoms with E-state index in [0.717, 1.165) is 32.0 Å². The van der Waals surface area contributed by atoms with E-state index in [4.69, 9.17) is 9.15 Å². The van der Waals surface area contributed by atoms with E-state index in [2.05, 4.69) is 51.0 Å². The molecule has 4 nitrogen and oxygen atoms in total. The van der Waals surface area contributed by atoms with Crippen molar-refractivity contribution in [2.75, 3.05) is 20.2 Å². The Balaban J connectivity index is 2.37. The summed E-state index contributed by atoms with van der Waals surface area (Å²) in [6, 6.07) is 2.52. The van der Waals surface area contributed by atoms with Crippen molar-refractivity contribution >= 4 is 0 Å². The minimum atomic E-state index is 0.299. The minimum Gasteiger partial charge on any atom is -0.468 e. The molecule has 0 aliphatic heterocycles. The standard InChI is InChI=1S/C15H28N2O2/c1-12(2)16-10-15-14(6-8-19-15)11-17(5)7-9-18-13(3)4/h6,8,12-13,16H,7,9-11H2,1-5H3. The van der Waals surface area contributed by atoms with Crippen LogP contribution in [0.2, 0.25) is 0 Å². The van der Waals surface area contributed by atoms with E-state index >= 15 is 0 Å². The van der Waals surface area contributed by atoms with Crippen molar-refractivity contribution in [3.8, 4) is 0 Å². The summed E-state index contributed by atoms with van der Waals surface area (Å²) in [5, 5.41) is 3.38. The second-order valence-electron chi connectivity index (χ2n) is 5.56. The Morgan fingerprint density at radius 2 is 2.05 bits per heavy atom. The van der Waals surface area contributed by atoms with Gasteiger partial charge < -0.3 is 14.5 Å². The first kappa shape index (κ1) is 16.2. The largest absolute Gasteiger partial charge is 0.468 e. The highest BCUT2D eigenvalue weighted by atomic mass is 16.5. The molecule has 0 spiro atoms. The van der Waals surface area contributed by atoms with Gasteiger partial charge in [0.05, 0.1) is 25.5 Å². The summed E-state index contributed by atoms with van der Waals surface area (Å²) >= 11 is 0. The van der Waals surface area contributed by atoms with Gasteiger partial charge in [-0.3, -0.25) is 4.90 Å². The molecule has 4 heteroatoms. The van der Waals surface area contributed by atoms with Gasteiger partial charge in [0.15, 0.2) is 0 Å². The number of rotatable bonds is 9. The van der Waals surface area contributed by atoms with Crippen LogP contribution in [0.25, 0.3) is 0 Å². The third-order valence-corrected chi connectivity index (χ3v) is 2.87. The van der Waals surface area contributed by atoms with Crippen LogP contribution in [0.15, 0.2) is 16.7 Å². The highest BCUT2D eigenvalue weighted by molar-refractivity contribution is 5.16. The molecule has 0 saturated heterocycles. The van der Waals surface area contributed by atoms with E-state index < -0.39 is 0 Å². The minimum absolute atomic E-state index is 0.299. The van der Waals surface area contributed by atoms with Crippen LogP contribution in [0.5, 0.6) is 0 Å². The first-order chi connectivity index (χ1) is 8.99. The molecule has 0 aliphatic rings. The zero-order valence-corrected chi connectivity index (χ0v) is 12.9. The van der Waals surface area contributed by atoms with Crippen molar-refractivity contribution < 1.29 is 9.15 Å². The second-order valence-corrected chi connectivity index (χ2v) is 5.56. The lowest BCUT2D eigenvalue weighted by molar-refractivity contribution is 0.0626. The lowest BCUT2D eigenvalue weighted by Crippen LogP contribution is -2.25. The molecule has 1 heterocycles. The molecule has 19 heavy (non-hydrogen) atoms. The van der Waals surface area contributed by atoms with E-state index in [9.17, 15) is 0 Å². The Labute approximate surface area is 117 Å². The van der Waals surface area contributed by atoms with Crippen LogP contribution in [-0.2, 0) is 17.8 Å². The average Bonchev–Trinajstić information content (AvgIpc) is 2.73. The number of hydrogen-bond acceptors (Lipinski definition) is 4. The highest BCUT2D eigenvalue weighted by Gasteiger charge is 2.09. The van der Waals surface area contributed by atoms with Crippen LogP contribution in [0.4, 0.5) is 0 Å². The summed E-state index contributed by atoms with van der Waals surface area (Å²) in [7, 11) is 2.11. The molecule has 1 aromatic rings. The quantitative estimate of drug-likeness (QED) is 0.747. The maximum absolute atomic E-state index is 5.56. The first-order valence-electron chi connectivity index (χ1n) is 7.07. The summed E-state index contributed by atoms with van der Waals surface area (Å²) in [5.74, 6) is 1.03. The van der Waals surface area contributed by atoms with Crippen LogP contribution < -0.4 is 5.32 Å². The fourth-order valence-electron chi connectivity index (χ4n) is 1.77. The molecule has 1 N–H and O–H groups in total. The molecule has 0 aliphatic carbocycles. The normalized spacial score (nSPS) is 12.0. The van der Waals surface area contributed by atoms with E-state index in [1.165, 1.54) is 5.56 Å². The van der Waals surface area contributed by atoms with Gasteiger partial charge in [0.2, 0.25) is 0 Å². The van der Waals surface area contributed by atoms with Crippen molar-refractivity contribution in [1.82, 2.24) is 10.2 Å². The third-order valence-electron chi connectivity index (χ3n) is 2.87. The molecular formula is C15H28N2O2. The molecule has 110 valence electrons. The molecule has 0 fully saturated rings. The van der Waals surface area contributed by atoms with Gasteiger partial charge in [0, 0.05) is 24.7 Å². The SMILES string of the molecule is CC(C)NCc1occc1CN(C)CCOC(C)C. The summed E-state index contributed by atoms with van der Waals surface area (Å²) in [5.41, 5.74) is 1.25. The maximum atomic E-state index is 5.56. The zero-order valence-electron chi connectivity index (χ0n) is 12.9. The van der Waals surface area contributed by atoms with Crippen molar-refractivity contribution in [2.24, 2.45) is 0 Å². The number of likely N-dealkylation sites (N-methyl/N-ethyl adjacent to an activating group) is 1. The van der Waals surface area contributed by atoms with Crippen LogP contribution >= 0.6 is 0 Å². The van der Waals surface area contributed by atoms with Gasteiger partial charge in [-0.1, -0.05) is 13.8 Å². The van der Waals surface area contributed by atoms with Gasteiger partial charge in [-0.15, -0.1) is 0 Å². The Morgan fingerprint density at radius 1 is 1.32 bits per heavy atom. The fourth-order valence-corrected chi connectivity index (χ4v) is 1.77. The van der Waals surface area contributed by atoms with Gasteiger partial charge in [-0.25, -0.2) is 0 Å². The lowest BCUT2D eigenvalue weighted by Gasteiger charge is -2.17. The number of nitrogens with one attached hydrogen (secondary N) is 1. The Kier molecular flexibility index (Phi) is 7.13. The van der Waals surface area contributed by atoms with Crippen molar-refractivity contribution in [3.05, 3.63) is 23.7 Å². The van der Waals surface area contributed by atoms with E-state index in [1.807, 2.05) is 0 Å². The molecule has 0 aromatic carbocycles. The summed E-state index contributed by atoms with van der Waals surface area (Å²) in [4.78, 5) is 2.26. The van der Waals surface area contributed by atoms with E-state index in [1.54, 1.807) is 6.26 Å². The Morgan fingerprint density at radius 3 is 2.68 bits per heavy atom. The smallest absolute Gasteiger partial charge is 0.122 e. The van der Waals surface area contributed by atoms with Crippen LogP contribution in [0.3, 0.4) is 0 Å². The number of ether oxygens (including phenoxy) is 1. The molecule has 1 rings (SSSR count). The lowest BCUT2D eigenvalue weighted by atomic mass is 10.2. The molecule has 0 amide bonds. The highest BCUT2D eigenvalue weighted by Crippen LogP contribution is 2.12. The molecule has 0 unspecified atom stereocenters. The van der Waals surface area contributed by atoms with Crippen LogP contribution in [0, 0.1) is 0 Å². The van der Waals surface area contributed by atoms with Crippen molar-refractivity contribution in [2.45, 2.75) is 52.9 Å². The summed E-state index contributed by atoms with van der Waals surface area (Å²) in [6.45, 7) is 11.8. The third kappa shape index (κ3) is 6.76. The molecule has 0 saturated carbocycles. The van der Waals surface area contributed by atoms with Gasteiger partial charge in [0.25, 0.3) is 0 Å². The molecule has 1 aromatic heterocycles. The number of furan rings is 1.